The van der Waals surface area contributed by atoms with Crippen LogP contribution in [0.5, 0.6) is 0 Å². The molecule has 0 saturated heterocycles. The molecule has 0 aliphatic rings. The molecule has 0 bridgehead atoms. The van der Waals surface area contributed by atoms with E-state index in [2.05, 4.69) is 29.1 Å². The molecule has 2 heterocycles. The fourth-order valence-corrected chi connectivity index (χ4v) is 3.51. The molecule has 0 amide bonds. The summed E-state index contributed by atoms with van der Waals surface area (Å²) >= 11 is 0. The molecule has 2 aromatic carbocycles. The van der Waals surface area contributed by atoms with Gasteiger partial charge in [0.15, 0.2) is 5.78 Å². The van der Waals surface area contributed by atoms with E-state index in [-0.39, 0.29) is 12.4 Å². The molecule has 4 rings (SSSR count). The van der Waals surface area contributed by atoms with Gasteiger partial charge in [-0.1, -0.05) is 61.5 Å². The molecule has 0 fully saturated rings. The fourth-order valence-electron chi connectivity index (χ4n) is 3.51. The summed E-state index contributed by atoms with van der Waals surface area (Å²) in [4.78, 5) is 21.5. The van der Waals surface area contributed by atoms with Crippen LogP contribution in [0, 0.1) is 0 Å². The van der Waals surface area contributed by atoms with Crippen LogP contribution in [-0.4, -0.2) is 26.1 Å². The standard InChI is InChI=1S/C25H22N2O2.H3NO/c1-3-22-21-13-20(18-7-5-4-6-8-18)25(19-11-9-17(15-28)10-12-19)27-24(21)14-23(26-22)16(2)29;1-2/h4-14,28H,3,15H2,1-2H3;2H,1H2. The van der Waals surface area contributed by atoms with Crippen LogP contribution in [0.1, 0.15) is 35.6 Å². The van der Waals surface area contributed by atoms with E-state index in [9.17, 15) is 9.90 Å². The van der Waals surface area contributed by atoms with Crippen molar-refractivity contribution in [3.05, 3.63) is 83.7 Å². The smallest absolute Gasteiger partial charge is 0.178 e. The zero-order valence-electron chi connectivity index (χ0n) is 17.5. The first kappa shape index (κ1) is 22.2. The van der Waals surface area contributed by atoms with Gasteiger partial charge in [-0.25, -0.2) is 15.9 Å². The number of carbonyl (C=O) groups excluding carboxylic acids is 1. The number of pyridine rings is 2. The van der Waals surface area contributed by atoms with Crippen molar-refractivity contribution in [2.24, 2.45) is 5.90 Å². The second-order valence-electron chi connectivity index (χ2n) is 7.04. The van der Waals surface area contributed by atoms with Crippen LogP contribution in [-0.2, 0) is 13.0 Å². The van der Waals surface area contributed by atoms with E-state index < -0.39 is 0 Å². The van der Waals surface area contributed by atoms with E-state index >= 15 is 0 Å². The minimum atomic E-state index is -0.0654. The van der Waals surface area contributed by atoms with Gasteiger partial charge in [0, 0.05) is 23.4 Å². The number of Topliss-reactive ketones (excluding diaryl/α,β-unsaturated/α-hetero) is 1. The predicted molar refractivity (Wildman–Crippen MR) is 122 cm³/mol. The summed E-state index contributed by atoms with van der Waals surface area (Å²) in [5.74, 6) is 3.43. The van der Waals surface area contributed by atoms with E-state index in [4.69, 9.17) is 10.2 Å². The first-order valence-corrected chi connectivity index (χ1v) is 9.97. The fraction of sp³-hybridized carbons (Fsp3) is 0.160. The first-order chi connectivity index (χ1) is 15.1. The van der Waals surface area contributed by atoms with E-state index in [0.29, 0.717) is 5.69 Å². The van der Waals surface area contributed by atoms with Gasteiger partial charge in [-0.2, -0.15) is 0 Å². The first-order valence-electron chi connectivity index (χ1n) is 9.97. The lowest BCUT2D eigenvalue weighted by Gasteiger charge is -2.14. The molecular weight excluding hydrogens is 390 g/mol. The average Bonchev–Trinajstić information content (AvgIpc) is 2.84. The molecule has 0 aliphatic heterocycles. The Morgan fingerprint density at radius 1 is 0.935 bits per heavy atom. The summed E-state index contributed by atoms with van der Waals surface area (Å²) in [6.07, 6.45) is 0.720. The molecule has 0 atom stereocenters. The molecule has 4 aromatic rings. The van der Waals surface area contributed by atoms with Gasteiger partial charge in [0.2, 0.25) is 0 Å². The van der Waals surface area contributed by atoms with Gasteiger partial charge < -0.3 is 10.3 Å². The Kier molecular flexibility index (Phi) is 7.20. The zero-order chi connectivity index (χ0) is 22.4. The van der Waals surface area contributed by atoms with E-state index in [0.717, 1.165) is 51.0 Å². The monoisotopic (exact) mass is 415 g/mol. The maximum Gasteiger partial charge on any atom is 0.178 e. The van der Waals surface area contributed by atoms with Crippen LogP contribution in [0.15, 0.2) is 66.7 Å². The van der Waals surface area contributed by atoms with E-state index in [1.54, 1.807) is 6.07 Å². The minimum absolute atomic E-state index is 0.00444. The lowest BCUT2D eigenvalue weighted by Crippen LogP contribution is -2.03. The Labute approximate surface area is 181 Å². The van der Waals surface area contributed by atoms with Crippen molar-refractivity contribution in [3.8, 4) is 22.4 Å². The Morgan fingerprint density at radius 2 is 1.61 bits per heavy atom. The quantitative estimate of drug-likeness (QED) is 0.326. The van der Waals surface area contributed by atoms with Crippen LogP contribution in [0.3, 0.4) is 0 Å². The third-order valence-electron chi connectivity index (χ3n) is 5.08. The number of nitrogens with zero attached hydrogens (tertiary/aromatic N) is 2. The number of aliphatic hydroxyl groups is 1. The summed E-state index contributed by atoms with van der Waals surface area (Å²) in [6, 6.07) is 21.8. The molecule has 6 nitrogen and oxygen atoms in total. The van der Waals surface area contributed by atoms with Gasteiger partial charge >= 0.3 is 0 Å². The third kappa shape index (κ3) is 4.67. The Bertz CT molecular complexity index is 1190. The van der Waals surface area contributed by atoms with Crippen molar-refractivity contribution in [2.45, 2.75) is 26.9 Å². The highest BCUT2D eigenvalue weighted by molar-refractivity contribution is 5.98. The molecule has 0 aliphatic carbocycles. The highest BCUT2D eigenvalue weighted by Crippen LogP contribution is 2.34. The molecule has 0 spiro atoms. The molecule has 6 heteroatoms. The second kappa shape index (κ2) is 10.0. The molecule has 0 saturated carbocycles. The lowest BCUT2D eigenvalue weighted by molar-refractivity contribution is 0.101. The number of hydrogen-bond donors (Lipinski definition) is 3. The number of benzene rings is 2. The number of ketones is 1. The molecule has 0 radical (unpaired) electrons. The molecule has 31 heavy (non-hydrogen) atoms. The Morgan fingerprint density at radius 3 is 2.19 bits per heavy atom. The number of aryl methyl sites for hydroxylation is 1. The molecule has 0 unspecified atom stereocenters. The van der Waals surface area contributed by atoms with Crippen molar-refractivity contribution < 1.29 is 15.1 Å². The maximum atomic E-state index is 12.0. The summed E-state index contributed by atoms with van der Waals surface area (Å²) < 4.78 is 0. The number of aliphatic hydroxyl groups excluding tert-OH is 1. The van der Waals surface area contributed by atoms with Crippen molar-refractivity contribution in [2.75, 3.05) is 0 Å². The van der Waals surface area contributed by atoms with E-state index in [1.165, 1.54) is 6.92 Å². The number of rotatable bonds is 5. The van der Waals surface area contributed by atoms with Crippen LogP contribution in [0.4, 0.5) is 0 Å². The number of aromatic nitrogens is 2. The molecule has 2 aromatic heterocycles. The summed E-state index contributed by atoms with van der Waals surface area (Å²) in [6.45, 7) is 3.57. The van der Waals surface area contributed by atoms with Gasteiger partial charge in [0.1, 0.15) is 5.69 Å². The number of fused-ring (bicyclic) bond motifs is 1. The van der Waals surface area contributed by atoms with Crippen molar-refractivity contribution in [1.29, 1.82) is 0 Å². The average molecular weight is 415 g/mol. The second-order valence-corrected chi connectivity index (χ2v) is 7.04. The van der Waals surface area contributed by atoms with E-state index in [1.807, 2.05) is 49.4 Å². The highest BCUT2D eigenvalue weighted by Gasteiger charge is 2.15. The maximum absolute atomic E-state index is 12.0. The molecule has 158 valence electrons. The number of carbonyl (C=O) groups is 1. The van der Waals surface area contributed by atoms with Gasteiger partial charge in [-0.3, -0.25) is 4.79 Å². The zero-order valence-corrected chi connectivity index (χ0v) is 17.5. The van der Waals surface area contributed by atoms with Crippen LogP contribution >= 0.6 is 0 Å². The normalized spacial score (nSPS) is 10.5. The molecular formula is C25H25N3O3. The highest BCUT2D eigenvalue weighted by atomic mass is 16.4. The topological polar surface area (TPSA) is 109 Å². The van der Waals surface area contributed by atoms with Crippen molar-refractivity contribution in [3.63, 3.8) is 0 Å². The predicted octanol–water partition coefficient (Wildman–Crippen LogP) is 4.56. The largest absolute Gasteiger partial charge is 0.392 e. The Hall–Kier alpha value is -3.45. The van der Waals surface area contributed by atoms with Crippen LogP contribution < -0.4 is 5.90 Å². The lowest BCUT2D eigenvalue weighted by atomic mass is 9.96. The van der Waals surface area contributed by atoms with Gasteiger partial charge in [0.25, 0.3) is 0 Å². The SMILES string of the molecule is CCc1nc(C(C)=O)cc2nc(-c3ccc(CO)cc3)c(-c3ccccc3)cc12.NO. The summed E-state index contributed by atoms with van der Waals surface area (Å²) in [5.41, 5.74) is 6.83. The van der Waals surface area contributed by atoms with Crippen LogP contribution in [0.25, 0.3) is 33.3 Å². The summed E-state index contributed by atoms with van der Waals surface area (Å²) in [7, 11) is 0. The van der Waals surface area contributed by atoms with Crippen LogP contribution in [0.2, 0.25) is 0 Å². The van der Waals surface area contributed by atoms with Gasteiger partial charge in [0.05, 0.1) is 23.5 Å². The molecule has 4 N–H and O–H groups in total. The Balaban J connectivity index is 0.00000132. The minimum Gasteiger partial charge on any atom is -0.392 e. The van der Waals surface area contributed by atoms with Gasteiger partial charge in [-0.05, 0) is 29.7 Å². The summed E-state index contributed by atoms with van der Waals surface area (Å²) in [5, 5.41) is 16.8. The number of hydrogen-bond acceptors (Lipinski definition) is 6. The third-order valence-corrected chi connectivity index (χ3v) is 5.08. The van der Waals surface area contributed by atoms with Crippen molar-refractivity contribution in [1.82, 2.24) is 9.97 Å². The van der Waals surface area contributed by atoms with Gasteiger partial charge in [-0.15, -0.1) is 0 Å². The van der Waals surface area contributed by atoms with Crippen molar-refractivity contribution >= 4 is 16.7 Å². The number of nitrogens with two attached hydrogens (primary N) is 1.